The average molecular weight is 329 g/mol. The highest BCUT2D eigenvalue weighted by Gasteiger charge is 2.25. The van der Waals surface area contributed by atoms with E-state index in [0.29, 0.717) is 11.7 Å². The Hall–Kier alpha value is -0.740. The fraction of sp³-hybridized carbons (Fsp3) is 0.600. The molecule has 2 unspecified atom stereocenters. The molecule has 0 aliphatic heterocycles. The first-order valence-corrected chi connectivity index (χ1v) is 7.54. The summed E-state index contributed by atoms with van der Waals surface area (Å²) in [7, 11) is 1.68. The van der Waals surface area contributed by atoms with Crippen molar-refractivity contribution in [1.82, 2.24) is 0 Å². The van der Waals surface area contributed by atoms with Gasteiger partial charge in [0.15, 0.2) is 11.5 Å². The molecule has 0 fully saturated rings. The third kappa shape index (κ3) is 3.06. The third-order valence-electron chi connectivity index (χ3n) is 3.58. The first-order valence-electron chi connectivity index (χ1n) is 6.74. The van der Waals surface area contributed by atoms with Gasteiger partial charge >= 0.3 is 0 Å². The minimum atomic E-state index is -0.488. The average Bonchev–Trinajstić information content (AvgIpc) is 2.36. The second-order valence-corrected chi connectivity index (χ2v) is 6.09. The molecule has 0 spiro atoms. The highest BCUT2D eigenvalue weighted by molar-refractivity contribution is 9.10. The molecule has 4 heteroatoms. The maximum absolute atomic E-state index is 9.35. The van der Waals surface area contributed by atoms with Crippen LogP contribution in [0.25, 0.3) is 0 Å². The van der Waals surface area contributed by atoms with Crippen molar-refractivity contribution in [2.24, 2.45) is 0 Å². The Morgan fingerprint density at radius 2 is 2.26 bits per heavy atom. The van der Waals surface area contributed by atoms with E-state index in [4.69, 9.17) is 9.47 Å². The fourth-order valence-corrected chi connectivity index (χ4v) is 3.56. The van der Waals surface area contributed by atoms with Gasteiger partial charge in [0.1, 0.15) is 6.61 Å². The van der Waals surface area contributed by atoms with Crippen LogP contribution in [0.3, 0.4) is 0 Å². The fourth-order valence-electron chi connectivity index (χ4n) is 2.73. The normalized spacial score (nSPS) is 19.7. The molecule has 1 aromatic carbocycles. The Morgan fingerprint density at radius 3 is 2.89 bits per heavy atom. The summed E-state index contributed by atoms with van der Waals surface area (Å²) in [5.41, 5.74) is 2.59. The molecule has 0 amide bonds. The predicted molar refractivity (Wildman–Crippen MR) is 79.2 cm³/mol. The number of halogens is 1. The molecule has 1 N–H and O–H groups in total. The molecular formula is C15H21BrO3. The zero-order chi connectivity index (χ0) is 14.0. The summed E-state index contributed by atoms with van der Waals surface area (Å²) in [5.74, 6) is 2.08. The number of ether oxygens (including phenoxy) is 2. The summed E-state index contributed by atoms with van der Waals surface area (Å²) in [6, 6.07) is 1.96. The minimum absolute atomic E-state index is 0.275. The molecule has 2 atom stereocenters. The monoisotopic (exact) mass is 328 g/mol. The molecule has 1 aliphatic rings. The molecule has 0 radical (unpaired) electrons. The third-order valence-corrected chi connectivity index (χ3v) is 4.24. The van der Waals surface area contributed by atoms with Crippen LogP contribution in [0.2, 0.25) is 0 Å². The number of hydrogen-bond donors (Lipinski definition) is 1. The van der Waals surface area contributed by atoms with Crippen molar-refractivity contribution in [2.45, 2.75) is 45.1 Å². The number of fused-ring (bicyclic) bond motifs is 1. The van der Waals surface area contributed by atoms with Gasteiger partial charge in [0.25, 0.3) is 0 Å². The zero-order valence-electron chi connectivity index (χ0n) is 11.7. The van der Waals surface area contributed by atoms with E-state index in [2.05, 4.69) is 22.9 Å². The largest absolute Gasteiger partial charge is 0.493 e. The van der Waals surface area contributed by atoms with Crippen LogP contribution in [0.15, 0.2) is 10.5 Å². The van der Waals surface area contributed by atoms with E-state index in [-0.39, 0.29) is 6.61 Å². The zero-order valence-corrected chi connectivity index (χ0v) is 13.3. The summed E-state index contributed by atoms with van der Waals surface area (Å²) in [6.07, 6.45) is 2.92. The summed E-state index contributed by atoms with van der Waals surface area (Å²) in [5, 5.41) is 9.35. The Bertz CT molecular complexity index is 457. The maximum Gasteiger partial charge on any atom is 0.164 e. The number of benzene rings is 1. The summed E-state index contributed by atoms with van der Waals surface area (Å²) in [4.78, 5) is 0. The number of aliphatic hydroxyl groups is 1. The number of rotatable bonds is 4. The number of hydrogen-bond acceptors (Lipinski definition) is 3. The molecule has 19 heavy (non-hydrogen) atoms. The van der Waals surface area contributed by atoms with Crippen LogP contribution in [-0.4, -0.2) is 24.9 Å². The maximum atomic E-state index is 9.35. The van der Waals surface area contributed by atoms with E-state index in [1.54, 1.807) is 14.0 Å². The standard InChI is InChI=1S/C15H21BrO3/c1-9-5-4-6-11-14(9)12(16)7-13(15(11)18-3)19-8-10(2)17/h7,9-10,17H,4-6,8H2,1-3H3. The first kappa shape index (κ1) is 14.7. The van der Waals surface area contributed by atoms with Crippen LogP contribution >= 0.6 is 15.9 Å². The van der Waals surface area contributed by atoms with Crippen molar-refractivity contribution in [3.8, 4) is 11.5 Å². The highest BCUT2D eigenvalue weighted by atomic mass is 79.9. The van der Waals surface area contributed by atoms with Gasteiger partial charge < -0.3 is 14.6 Å². The van der Waals surface area contributed by atoms with Crippen molar-refractivity contribution in [1.29, 1.82) is 0 Å². The Labute approximate surface area is 123 Å². The van der Waals surface area contributed by atoms with Crippen LogP contribution in [0, 0.1) is 0 Å². The van der Waals surface area contributed by atoms with Crippen molar-refractivity contribution >= 4 is 15.9 Å². The van der Waals surface area contributed by atoms with Crippen LogP contribution in [-0.2, 0) is 6.42 Å². The van der Waals surface area contributed by atoms with Gasteiger partial charge in [-0.05, 0) is 43.7 Å². The van der Waals surface area contributed by atoms with Crippen LogP contribution in [0.5, 0.6) is 11.5 Å². The lowest BCUT2D eigenvalue weighted by molar-refractivity contribution is 0.120. The topological polar surface area (TPSA) is 38.7 Å². The van der Waals surface area contributed by atoms with E-state index in [9.17, 15) is 5.11 Å². The van der Waals surface area contributed by atoms with E-state index in [0.717, 1.165) is 16.6 Å². The molecule has 106 valence electrons. The molecular weight excluding hydrogens is 308 g/mol. The molecule has 1 aliphatic carbocycles. The van der Waals surface area contributed by atoms with Gasteiger partial charge in [0.2, 0.25) is 0 Å². The second-order valence-electron chi connectivity index (χ2n) is 5.24. The molecule has 0 bridgehead atoms. The van der Waals surface area contributed by atoms with E-state index in [1.807, 2.05) is 6.07 Å². The number of aliphatic hydroxyl groups excluding tert-OH is 1. The Kier molecular flexibility index (Phi) is 4.74. The van der Waals surface area contributed by atoms with Crippen molar-refractivity contribution in [3.63, 3.8) is 0 Å². The van der Waals surface area contributed by atoms with E-state index < -0.39 is 6.10 Å². The van der Waals surface area contributed by atoms with Gasteiger partial charge in [-0.3, -0.25) is 0 Å². The number of methoxy groups -OCH3 is 1. The second kappa shape index (κ2) is 6.14. The smallest absolute Gasteiger partial charge is 0.164 e. The summed E-state index contributed by atoms with van der Waals surface area (Å²) in [6.45, 7) is 4.23. The van der Waals surface area contributed by atoms with Crippen molar-refractivity contribution < 1.29 is 14.6 Å². The van der Waals surface area contributed by atoms with Gasteiger partial charge in [0, 0.05) is 10.0 Å². The van der Waals surface area contributed by atoms with Gasteiger partial charge in [-0.1, -0.05) is 22.9 Å². The van der Waals surface area contributed by atoms with Gasteiger partial charge in [-0.15, -0.1) is 0 Å². The first-order chi connectivity index (χ1) is 9.04. The van der Waals surface area contributed by atoms with Crippen molar-refractivity contribution in [3.05, 3.63) is 21.7 Å². The summed E-state index contributed by atoms with van der Waals surface area (Å²) < 4.78 is 12.3. The van der Waals surface area contributed by atoms with Crippen LogP contribution < -0.4 is 9.47 Å². The lowest BCUT2D eigenvalue weighted by Gasteiger charge is -2.27. The SMILES string of the molecule is COc1c(OCC(C)O)cc(Br)c2c1CCCC2C. The molecule has 0 heterocycles. The van der Waals surface area contributed by atoms with E-state index in [1.165, 1.54) is 24.0 Å². The molecule has 0 saturated carbocycles. The predicted octanol–water partition coefficient (Wildman–Crippen LogP) is 3.66. The van der Waals surface area contributed by atoms with Crippen molar-refractivity contribution in [2.75, 3.05) is 13.7 Å². The summed E-state index contributed by atoms with van der Waals surface area (Å²) >= 11 is 3.65. The molecule has 0 aromatic heterocycles. The van der Waals surface area contributed by atoms with Gasteiger partial charge in [0.05, 0.1) is 13.2 Å². The van der Waals surface area contributed by atoms with Crippen LogP contribution in [0.4, 0.5) is 0 Å². The molecule has 0 saturated heterocycles. The van der Waals surface area contributed by atoms with Gasteiger partial charge in [-0.25, -0.2) is 0 Å². The lowest BCUT2D eigenvalue weighted by Crippen LogP contribution is -2.15. The lowest BCUT2D eigenvalue weighted by atomic mass is 9.83. The molecule has 3 nitrogen and oxygen atoms in total. The minimum Gasteiger partial charge on any atom is -0.493 e. The van der Waals surface area contributed by atoms with Crippen LogP contribution in [0.1, 0.15) is 43.7 Å². The molecule has 1 aromatic rings. The highest BCUT2D eigenvalue weighted by Crippen LogP contribution is 2.45. The Morgan fingerprint density at radius 1 is 1.53 bits per heavy atom. The Balaban J connectivity index is 2.43. The quantitative estimate of drug-likeness (QED) is 0.916. The van der Waals surface area contributed by atoms with E-state index >= 15 is 0 Å². The van der Waals surface area contributed by atoms with Gasteiger partial charge in [-0.2, -0.15) is 0 Å². The molecule has 2 rings (SSSR count).